The second kappa shape index (κ2) is 8.41. The van der Waals surface area contributed by atoms with Gasteiger partial charge < -0.3 is 10.1 Å². The molecule has 1 aromatic heterocycles. The molecular weight excluding hydrogens is 392 g/mol. The molecule has 1 aliphatic rings. The lowest BCUT2D eigenvalue weighted by Gasteiger charge is -2.07. The third-order valence-electron chi connectivity index (χ3n) is 3.86. The second-order valence-electron chi connectivity index (χ2n) is 6.13. The zero-order valence-electron chi connectivity index (χ0n) is 14.3. The number of rotatable bonds is 7. The number of thiazole rings is 1. The van der Waals surface area contributed by atoms with Crippen molar-refractivity contribution in [3.05, 3.63) is 40.9 Å². The molecule has 1 aromatic carbocycles. The number of hydrogen-bond donors (Lipinski definition) is 1. The van der Waals surface area contributed by atoms with E-state index in [2.05, 4.69) is 10.3 Å². The van der Waals surface area contributed by atoms with Gasteiger partial charge in [0.2, 0.25) is 0 Å². The van der Waals surface area contributed by atoms with Gasteiger partial charge in [-0.1, -0.05) is 17.7 Å². The highest BCUT2D eigenvalue weighted by Gasteiger charge is 2.28. The molecule has 0 aliphatic carbocycles. The van der Waals surface area contributed by atoms with Crippen LogP contribution in [0.3, 0.4) is 0 Å². The predicted octanol–water partition coefficient (Wildman–Crippen LogP) is 3.16. The molecule has 140 valence electrons. The van der Waals surface area contributed by atoms with Gasteiger partial charge in [-0.2, -0.15) is 0 Å². The molecule has 0 saturated carbocycles. The van der Waals surface area contributed by atoms with E-state index in [-0.39, 0.29) is 35.1 Å². The van der Waals surface area contributed by atoms with Gasteiger partial charge in [0.05, 0.1) is 23.0 Å². The van der Waals surface area contributed by atoms with Gasteiger partial charge >= 0.3 is 5.97 Å². The van der Waals surface area contributed by atoms with Gasteiger partial charge in [0, 0.05) is 16.3 Å². The highest BCUT2D eigenvalue weighted by molar-refractivity contribution is 8.02. The van der Waals surface area contributed by atoms with E-state index in [1.807, 2.05) is 36.6 Å². The second-order valence-corrected chi connectivity index (χ2v) is 10.5. The molecule has 0 bridgehead atoms. The first kappa shape index (κ1) is 19.2. The summed E-state index contributed by atoms with van der Waals surface area (Å²) in [5, 5.41) is 5.80. The van der Waals surface area contributed by atoms with Crippen LogP contribution >= 0.6 is 23.1 Å². The van der Waals surface area contributed by atoms with Crippen molar-refractivity contribution in [2.45, 2.75) is 25.2 Å². The average molecular weight is 413 g/mol. The molecule has 6 nitrogen and oxygen atoms in total. The normalized spacial score (nSPS) is 18.6. The summed E-state index contributed by atoms with van der Waals surface area (Å²) in [6, 6.07) is 8.01. The molecule has 0 unspecified atom stereocenters. The molecule has 9 heteroatoms. The van der Waals surface area contributed by atoms with Crippen molar-refractivity contribution in [2.24, 2.45) is 0 Å². The van der Waals surface area contributed by atoms with E-state index in [4.69, 9.17) is 4.74 Å². The Morgan fingerprint density at radius 1 is 1.38 bits per heavy atom. The van der Waals surface area contributed by atoms with E-state index in [1.165, 1.54) is 28.7 Å². The van der Waals surface area contributed by atoms with Crippen LogP contribution in [0.1, 0.15) is 17.7 Å². The van der Waals surface area contributed by atoms with Gasteiger partial charge in [-0.05, 0) is 25.5 Å². The van der Waals surface area contributed by atoms with Crippen LogP contribution in [0.2, 0.25) is 0 Å². The summed E-state index contributed by atoms with van der Waals surface area (Å²) >= 11 is 2.80. The Kier molecular flexibility index (Phi) is 6.20. The minimum Gasteiger partial charge on any atom is -0.459 e. The summed E-state index contributed by atoms with van der Waals surface area (Å²) in [6.45, 7) is 2.15. The highest BCUT2D eigenvalue weighted by Crippen LogP contribution is 2.25. The van der Waals surface area contributed by atoms with E-state index in [9.17, 15) is 13.2 Å². The fourth-order valence-corrected chi connectivity index (χ4v) is 6.62. The predicted molar refractivity (Wildman–Crippen MR) is 106 cm³/mol. The molecule has 3 rings (SSSR count). The highest BCUT2D eigenvalue weighted by atomic mass is 32.2. The number of nitrogens with zero attached hydrogens (tertiary/aromatic N) is 1. The zero-order valence-corrected chi connectivity index (χ0v) is 16.8. The van der Waals surface area contributed by atoms with Crippen molar-refractivity contribution in [2.75, 3.05) is 22.6 Å². The van der Waals surface area contributed by atoms with Crippen molar-refractivity contribution in [1.29, 1.82) is 0 Å². The lowest BCUT2D eigenvalue weighted by Crippen LogP contribution is -2.13. The number of aromatic nitrogens is 1. The largest absolute Gasteiger partial charge is 0.459 e. The number of aryl methyl sites for hydroxylation is 1. The fourth-order valence-electron chi connectivity index (χ4n) is 2.47. The monoisotopic (exact) mass is 412 g/mol. The molecule has 0 spiro atoms. The molecule has 26 heavy (non-hydrogen) atoms. The first-order chi connectivity index (χ1) is 12.4. The Morgan fingerprint density at radius 3 is 2.85 bits per heavy atom. The number of esters is 1. The SMILES string of the molecule is Cc1ccc(Nc2nc(COC(=O)CS[C@H]3CCS(=O)(=O)C3)cs2)cc1. The van der Waals surface area contributed by atoms with Crippen molar-refractivity contribution >= 4 is 49.7 Å². The van der Waals surface area contributed by atoms with Crippen LogP contribution in [0.5, 0.6) is 0 Å². The molecule has 1 saturated heterocycles. The van der Waals surface area contributed by atoms with Crippen LogP contribution in [-0.2, 0) is 26.0 Å². The van der Waals surface area contributed by atoms with Gasteiger partial charge in [-0.15, -0.1) is 23.1 Å². The molecule has 0 radical (unpaired) electrons. The van der Waals surface area contributed by atoms with Crippen LogP contribution in [0, 0.1) is 6.92 Å². The molecule has 0 amide bonds. The summed E-state index contributed by atoms with van der Waals surface area (Å²) in [6.07, 6.45) is 0.612. The Bertz CT molecular complexity index is 862. The summed E-state index contributed by atoms with van der Waals surface area (Å²) in [7, 11) is -2.91. The van der Waals surface area contributed by atoms with Crippen LogP contribution in [0.25, 0.3) is 0 Å². The number of carbonyl (C=O) groups is 1. The third kappa shape index (κ3) is 5.72. The number of benzene rings is 1. The number of anilines is 2. The number of ether oxygens (including phenoxy) is 1. The van der Waals surface area contributed by atoms with Crippen molar-refractivity contribution < 1.29 is 17.9 Å². The van der Waals surface area contributed by atoms with Gasteiger partial charge in [0.15, 0.2) is 15.0 Å². The van der Waals surface area contributed by atoms with E-state index < -0.39 is 9.84 Å². The van der Waals surface area contributed by atoms with Crippen LogP contribution in [-0.4, -0.2) is 41.9 Å². The van der Waals surface area contributed by atoms with Crippen molar-refractivity contribution in [3.8, 4) is 0 Å². The summed E-state index contributed by atoms with van der Waals surface area (Å²) in [5.41, 5.74) is 2.83. The first-order valence-corrected chi connectivity index (χ1v) is 11.9. The van der Waals surface area contributed by atoms with Crippen molar-refractivity contribution in [1.82, 2.24) is 4.98 Å². The molecule has 2 aromatic rings. The minimum absolute atomic E-state index is 0.00265. The Labute approximate surface area is 161 Å². The topological polar surface area (TPSA) is 85.4 Å². The van der Waals surface area contributed by atoms with Crippen molar-refractivity contribution in [3.63, 3.8) is 0 Å². The average Bonchev–Trinajstić information content (AvgIpc) is 3.19. The maximum Gasteiger partial charge on any atom is 0.316 e. The maximum absolute atomic E-state index is 11.8. The molecule has 1 aliphatic heterocycles. The zero-order chi connectivity index (χ0) is 18.6. The lowest BCUT2D eigenvalue weighted by atomic mass is 10.2. The maximum atomic E-state index is 11.8. The molecule has 2 heterocycles. The van der Waals surface area contributed by atoms with Gasteiger partial charge in [0.25, 0.3) is 0 Å². The van der Waals surface area contributed by atoms with Gasteiger partial charge in [0.1, 0.15) is 6.61 Å². The summed E-state index contributed by atoms with van der Waals surface area (Å²) in [4.78, 5) is 16.2. The van der Waals surface area contributed by atoms with Gasteiger partial charge in [-0.25, -0.2) is 13.4 Å². The lowest BCUT2D eigenvalue weighted by molar-refractivity contribution is -0.141. The van der Waals surface area contributed by atoms with Crippen LogP contribution in [0.4, 0.5) is 10.8 Å². The fraction of sp³-hybridized carbons (Fsp3) is 0.412. The molecule has 1 N–H and O–H groups in total. The summed E-state index contributed by atoms with van der Waals surface area (Å²) < 4.78 is 28.0. The number of nitrogens with one attached hydrogen (secondary N) is 1. The first-order valence-electron chi connectivity index (χ1n) is 8.15. The molecular formula is C17H20N2O4S3. The minimum atomic E-state index is -2.91. The standard InChI is InChI=1S/C17H20N2O4S3/c1-12-2-4-13(5-3-12)18-17-19-14(9-25-17)8-23-16(20)10-24-15-6-7-26(21,22)11-15/h2-5,9,15H,6-8,10-11H2,1H3,(H,18,19)/t15-/m0/s1. The van der Waals surface area contributed by atoms with E-state index in [1.54, 1.807) is 0 Å². The van der Waals surface area contributed by atoms with Gasteiger partial charge in [-0.3, -0.25) is 4.79 Å². The van der Waals surface area contributed by atoms with Crippen LogP contribution < -0.4 is 5.32 Å². The Morgan fingerprint density at radius 2 is 2.15 bits per heavy atom. The third-order valence-corrected chi connectivity index (χ3v) is 7.92. The van der Waals surface area contributed by atoms with E-state index in [0.717, 1.165) is 10.8 Å². The number of hydrogen-bond acceptors (Lipinski definition) is 8. The molecule has 1 fully saturated rings. The number of thioether (sulfide) groups is 1. The van der Waals surface area contributed by atoms with Crippen LogP contribution in [0.15, 0.2) is 29.6 Å². The molecule has 1 atom stereocenters. The Balaban J connectivity index is 1.41. The number of carbonyl (C=O) groups excluding carboxylic acids is 1. The quantitative estimate of drug-likeness (QED) is 0.699. The van der Waals surface area contributed by atoms with E-state index >= 15 is 0 Å². The van der Waals surface area contributed by atoms with E-state index in [0.29, 0.717) is 12.1 Å². The smallest absolute Gasteiger partial charge is 0.316 e. The summed E-state index contributed by atoms with van der Waals surface area (Å²) in [5.74, 6) is 0.194. The Hall–Kier alpha value is -1.58. The number of sulfone groups is 1.